The number of thiazole rings is 1. The van der Waals surface area contributed by atoms with Crippen molar-refractivity contribution >= 4 is 45.8 Å². The van der Waals surface area contributed by atoms with Crippen LogP contribution in [0.15, 0.2) is 24.4 Å². The van der Waals surface area contributed by atoms with Crippen molar-refractivity contribution in [2.45, 2.75) is 45.1 Å². The number of likely N-dealkylation sites (tertiary alicyclic amines) is 1. The zero-order chi connectivity index (χ0) is 22.4. The maximum absolute atomic E-state index is 13.1. The van der Waals surface area contributed by atoms with Crippen molar-refractivity contribution in [3.63, 3.8) is 0 Å². The minimum absolute atomic E-state index is 0.208. The van der Waals surface area contributed by atoms with E-state index in [0.29, 0.717) is 23.2 Å². The monoisotopic (exact) mass is 462 g/mol. The van der Waals surface area contributed by atoms with E-state index in [1.165, 1.54) is 11.3 Å². The molecule has 2 aromatic rings. The van der Waals surface area contributed by atoms with Crippen molar-refractivity contribution in [3.8, 4) is 0 Å². The number of fused-ring (bicyclic) bond motifs is 2. The van der Waals surface area contributed by atoms with Crippen LogP contribution in [0.5, 0.6) is 0 Å². The van der Waals surface area contributed by atoms with Crippen LogP contribution in [-0.2, 0) is 14.9 Å². The number of aromatic nitrogens is 1. The van der Waals surface area contributed by atoms with Crippen molar-refractivity contribution in [1.82, 2.24) is 9.88 Å². The third kappa shape index (κ3) is 4.71. The number of benzene rings is 1. The van der Waals surface area contributed by atoms with Crippen LogP contribution in [0.1, 0.15) is 37.6 Å². The second-order valence-electron chi connectivity index (χ2n) is 9.28. The molecular weight excluding hydrogens is 436 g/mol. The number of nitrogens with one attached hydrogen (secondary N) is 1. The Morgan fingerprint density at radius 3 is 2.77 bits per heavy atom. The Morgan fingerprint density at radius 1 is 1.32 bits per heavy atom. The number of amides is 2. The molecule has 1 saturated heterocycles. The maximum Gasteiger partial charge on any atom is 0.328 e. The number of ether oxygens (including phenoxy) is 1. The molecule has 1 atom stereocenters. The zero-order valence-electron chi connectivity index (χ0n) is 18.2. The van der Waals surface area contributed by atoms with Crippen LogP contribution >= 0.6 is 22.9 Å². The van der Waals surface area contributed by atoms with Crippen LogP contribution in [0, 0.1) is 6.92 Å². The number of hydrogen-bond donors (Lipinski definition) is 1. The summed E-state index contributed by atoms with van der Waals surface area (Å²) < 4.78 is 5.48. The first-order chi connectivity index (χ1) is 14.5. The predicted octanol–water partition coefficient (Wildman–Crippen LogP) is 4.44. The highest BCUT2D eigenvalue weighted by Crippen LogP contribution is 2.47. The third-order valence-electron chi connectivity index (χ3n) is 5.57. The van der Waals surface area contributed by atoms with Crippen LogP contribution in [0.3, 0.4) is 0 Å². The fourth-order valence-corrected chi connectivity index (χ4v) is 5.22. The molecule has 0 radical (unpaired) electrons. The molecule has 166 valence electrons. The lowest BCUT2D eigenvalue weighted by atomic mass is 9.81. The molecule has 3 heterocycles. The Bertz CT molecular complexity index is 1020. The Morgan fingerprint density at radius 2 is 2.10 bits per heavy atom. The van der Waals surface area contributed by atoms with Gasteiger partial charge in [0, 0.05) is 40.3 Å². The molecule has 1 unspecified atom stereocenters. The van der Waals surface area contributed by atoms with Crippen molar-refractivity contribution in [1.29, 1.82) is 0 Å². The molecule has 7 nitrogen and oxygen atoms in total. The molecule has 0 saturated carbocycles. The summed E-state index contributed by atoms with van der Waals surface area (Å²) in [5.74, 6) is -0.234. The predicted molar refractivity (Wildman–Crippen MR) is 123 cm³/mol. The fraction of sp³-hybridized carbons (Fsp3) is 0.500. The molecular formula is C22H27ClN4O3S. The Hall–Kier alpha value is -2.16. The van der Waals surface area contributed by atoms with Gasteiger partial charge in [-0.3, -0.25) is 19.9 Å². The lowest BCUT2D eigenvalue weighted by Gasteiger charge is -2.26. The highest BCUT2D eigenvalue weighted by Gasteiger charge is 2.49. The van der Waals surface area contributed by atoms with E-state index < -0.39 is 5.60 Å². The molecule has 1 spiro atoms. The molecule has 1 N–H and O–H groups in total. The minimum atomic E-state index is -0.509. The van der Waals surface area contributed by atoms with Gasteiger partial charge >= 0.3 is 12.0 Å². The van der Waals surface area contributed by atoms with Gasteiger partial charge in [0.1, 0.15) is 5.60 Å². The largest absolute Gasteiger partial charge is 0.459 e. The number of halogens is 1. The number of rotatable bonds is 3. The van der Waals surface area contributed by atoms with Gasteiger partial charge in [-0.2, -0.15) is 0 Å². The van der Waals surface area contributed by atoms with E-state index in [2.05, 4.69) is 15.2 Å². The molecule has 2 aliphatic heterocycles. The van der Waals surface area contributed by atoms with Crippen LogP contribution in [0.4, 0.5) is 15.6 Å². The van der Waals surface area contributed by atoms with Gasteiger partial charge in [-0.05, 0) is 64.4 Å². The van der Waals surface area contributed by atoms with Crippen molar-refractivity contribution < 1.29 is 14.3 Å². The van der Waals surface area contributed by atoms with Crippen LogP contribution < -0.4 is 10.2 Å². The van der Waals surface area contributed by atoms with Gasteiger partial charge in [-0.15, -0.1) is 11.3 Å². The zero-order valence-corrected chi connectivity index (χ0v) is 19.8. The van der Waals surface area contributed by atoms with Crippen molar-refractivity contribution in [2.24, 2.45) is 0 Å². The summed E-state index contributed by atoms with van der Waals surface area (Å²) in [6, 6.07) is 5.45. The molecule has 0 aliphatic carbocycles. The Balaban J connectivity index is 1.53. The molecule has 1 fully saturated rings. The topological polar surface area (TPSA) is 74.8 Å². The summed E-state index contributed by atoms with van der Waals surface area (Å²) in [4.78, 5) is 34.6. The number of carbonyl (C=O) groups is 2. The summed E-state index contributed by atoms with van der Waals surface area (Å²) in [6.07, 6.45) is 2.58. The summed E-state index contributed by atoms with van der Waals surface area (Å²) in [6.45, 7) is 9.74. The van der Waals surface area contributed by atoms with Gasteiger partial charge in [0.2, 0.25) is 0 Å². The van der Waals surface area contributed by atoms with Gasteiger partial charge < -0.3 is 4.74 Å². The molecule has 1 aromatic carbocycles. The lowest BCUT2D eigenvalue weighted by Crippen LogP contribution is -2.41. The van der Waals surface area contributed by atoms with Gasteiger partial charge in [0.25, 0.3) is 0 Å². The second-order valence-corrected chi connectivity index (χ2v) is 11.0. The number of aryl methyl sites for hydroxylation is 1. The maximum atomic E-state index is 13.1. The van der Waals surface area contributed by atoms with Crippen molar-refractivity contribution in [3.05, 3.63) is 39.9 Å². The average Bonchev–Trinajstić information content (AvgIpc) is 3.33. The second kappa shape index (κ2) is 8.07. The summed E-state index contributed by atoms with van der Waals surface area (Å²) in [5, 5.41) is 4.13. The van der Waals surface area contributed by atoms with Gasteiger partial charge in [-0.1, -0.05) is 11.6 Å². The number of urea groups is 1. The number of hydrogen-bond acceptors (Lipinski definition) is 6. The van der Waals surface area contributed by atoms with E-state index >= 15 is 0 Å². The highest BCUT2D eigenvalue weighted by molar-refractivity contribution is 7.15. The van der Waals surface area contributed by atoms with E-state index in [1.807, 2.05) is 39.8 Å². The van der Waals surface area contributed by atoms with Gasteiger partial charge in [0.15, 0.2) is 5.13 Å². The van der Waals surface area contributed by atoms with Crippen LogP contribution in [-0.4, -0.2) is 53.7 Å². The Kier molecular flexibility index (Phi) is 5.74. The number of carbonyl (C=O) groups excluding carboxylic acids is 2. The van der Waals surface area contributed by atoms with E-state index in [0.717, 1.165) is 29.1 Å². The number of anilines is 2. The molecule has 31 heavy (non-hydrogen) atoms. The van der Waals surface area contributed by atoms with Gasteiger partial charge in [0.05, 0.1) is 6.54 Å². The van der Waals surface area contributed by atoms with Crippen LogP contribution in [0.25, 0.3) is 0 Å². The molecule has 9 heteroatoms. The summed E-state index contributed by atoms with van der Waals surface area (Å²) in [7, 11) is 0. The number of nitrogens with zero attached hydrogens (tertiary/aromatic N) is 3. The normalized spacial score (nSPS) is 20.9. The third-order valence-corrected chi connectivity index (χ3v) is 6.63. The van der Waals surface area contributed by atoms with E-state index in [-0.39, 0.29) is 24.0 Å². The smallest absolute Gasteiger partial charge is 0.328 e. The lowest BCUT2D eigenvalue weighted by molar-refractivity contribution is -0.155. The first-order valence-corrected chi connectivity index (χ1v) is 11.5. The highest BCUT2D eigenvalue weighted by atomic mass is 35.5. The molecule has 2 aliphatic rings. The average molecular weight is 463 g/mol. The standard InChI is InChI=1S/C22H27ClN4O3S/c1-14-10-24-19(31-14)25-20(29)27-13-22(16-9-15(23)5-6-17(16)27)7-8-26(12-22)11-18(28)30-21(2,3)4/h5-6,9-10H,7-8,11-13H2,1-4H3,(H,24,25,29). The minimum Gasteiger partial charge on any atom is -0.459 e. The van der Waals surface area contributed by atoms with E-state index in [1.54, 1.807) is 17.2 Å². The first-order valence-electron chi connectivity index (χ1n) is 10.3. The summed E-state index contributed by atoms with van der Waals surface area (Å²) in [5.41, 5.74) is 1.13. The van der Waals surface area contributed by atoms with E-state index in [9.17, 15) is 9.59 Å². The molecule has 0 bridgehead atoms. The quantitative estimate of drug-likeness (QED) is 0.682. The van der Waals surface area contributed by atoms with Crippen molar-refractivity contribution in [2.75, 3.05) is 36.4 Å². The number of esters is 1. The Labute approximate surface area is 191 Å². The van der Waals surface area contributed by atoms with Gasteiger partial charge in [-0.25, -0.2) is 9.78 Å². The molecule has 1 aromatic heterocycles. The fourth-order valence-electron chi connectivity index (χ4n) is 4.39. The van der Waals surface area contributed by atoms with Crippen LogP contribution in [0.2, 0.25) is 5.02 Å². The SMILES string of the molecule is Cc1cnc(NC(=O)N2CC3(CCN(CC(=O)OC(C)(C)C)C3)c3cc(Cl)ccc32)s1. The molecule has 4 rings (SSSR count). The summed E-state index contributed by atoms with van der Waals surface area (Å²) >= 11 is 7.77. The van der Waals surface area contributed by atoms with E-state index in [4.69, 9.17) is 16.3 Å². The first kappa shape index (κ1) is 22.0. The molecule has 2 amide bonds.